The first-order valence-electron chi connectivity index (χ1n) is 21.0. The molecule has 1 aliphatic heterocycles. The smallest absolute Gasteiger partial charge is 0.340 e. The number of rotatable bonds is 21. The standard InChI is InChI=1S/C49H54ClN5O10/c1-5-6-8-15-33-16-11-12-17-34(33)21-25-41(57)53-37(26-31-18-22-36(56)23-19-31)45(60)49(28-32-13-9-7-10-14-32,48(63)65-30-39-46(61)52-29-42(58)54-39)55(3)47(62)38(51-2)27-35-20-24-40(64-4)44(59)43(35)50/h6-14,16-25,37-39,51,56,59H,5,15,26-30H2,1-4H3,(H,52,61)(H,53,57)(H,54,58)/b8-6+,25-21+/t37-,38+,39-,49-/m1/s1. The molecule has 342 valence electrons. The summed E-state index contributed by atoms with van der Waals surface area (Å²) in [6.07, 6.45) is 7.65. The molecule has 0 spiro atoms. The number of Topliss-reactive ketones (excluding diaryl/α,β-unsaturated/α-hetero) is 1. The Kier molecular flexibility index (Phi) is 17.4. The quantitative estimate of drug-likeness (QED) is 0.0305. The predicted molar refractivity (Wildman–Crippen MR) is 245 cm³/mol. The lowest BCUT2D eigenvalue weighted by Gasteiger charge is -2.42. The van der Waals surface area contributed by atoms with Gasteiger partial charge in [-0.05, 0) is 84.8 Å². The Labute approximate surface area is 382 Å². The van der Waals surface area contributed by atoms with Crippen LogP contribution in [0.1, 0.15) is 41.2 Å². The van der Waals surface area contributed by atoms with E-state index in [4.69, 9.17) is 21.1 Å². The first-order valence-corrected chi connectivity index (χ1v) is 21.4. The number of aromatic hydroxyl groups is 2. The number of hydrogen-bond acceptors (Lipinski definition) is 11. The van der Waals surface area contributed by atoms with Gasteiger partial charge >= 0.3 is 5.97 Å². The lowest BCUT2D eigenvalue weighted by atomic mass is 9.79. The molecule has 0 aliphatic carbocycles. The van der Waals surface area contributed by atoms with Crippen LogP contribution in [0, 0.1) is 0 Å². The number of benzene rings is 4. The summed E-state index contributed by atoms with van der Waals surface area (Å²) in [4.78, 5) is 86.0. The molecule has 4 aromatic rings. The van der Waals surface area contributed by atoms with Gasteiger partial charge in [0.05, 0.1) is 30.8 Å². The van der Waals surface area contributed by atoms with E-state index in [0.29, 0.717) is 23.1 Å². The molecule has 5 rings (SSSR count). The van der Waals surface area contributed by atoms with Gasteiger partial charge in [-0.15, -0.1) is 0 Å². The van der Waals surface area contributed by atoms with Gasteiger partial charge in [0.1, 0.15) is 18.4 Å². The number of phenolic OH excluding ortho intramolecular Hbond substituents is 2. The van der Waals surface area contributed by atoms with Gasteiger partial charge in [-0.3, -0.25) is 24.0 Å². The highest BCUT2D eigenvalue weighted by molar-refractivity contribution is 6.33. The van der Waals surface area contributed by atoms with E-state index in [1.165, 1.54) is 45.5 Å². The Hall–Kier alpha value is -6.97. The Morgan fingerprint density at radius 2 is 1.62 bits per heavy atom. The van der Waals surface area contributed by atoms with Gasteiger partial charge in [-0.1, -0.05) is 103 Å². The lowest BCUT2D eigenvalue weighted by molar-refractivity contribution is -0.170. The molecule has 0 radical (unpaired) electrons. The maximum Gasteiger partial charge on any atom is 0.340 e. The minimum atomic E-state index is -2.56. The normalized spacial score (nSPS) is 15.6. The summed E-state index contributed by atoms with van der Waals surface area (Å²) in [7, 11) is 4.12. The van der Waals surface area contributed by atoms with Crippen molar-refractivity contribution >= 4 is 53.1 Å². The highest BCUT2D eigenvalue weighted by Gasteiger charge is 2.56. The van der Waals surface area contributed by atoms with Crippen LogP contribution in [0.15, 0.2) is 109 Å². The number of piperazine rings is 1. The number of ether oxygens (including phenoxy) is 2. The third-order valence-corrected chi connectivity index (χ3v) is 11.5. The number of nitrogens with zero attached hydrogens (tertiary/aromatic N) is 1. The first kappa shape index (κ1) is 49.1. The molecule has 4 aromatic carbocycles. The molecule has 0 aromatic heterocycles. The fourth-order valence-corrected chi connectivity index (χ4v) is 7.68. The molecule has 0 unspecified atom stereocenters. The number of allylic oxidation sites excluding steroid dienone is 2. The average Bonchev–Trinajstić information content (AvgIpc) is 3.31. The highest BCUT2D eigenvalue weighted by atomic mass is 35.5. The van der Waals surface area contributed by atoms with Crippen LogP contribution in [0.2, 0.25) is 5.02 Å². The van der Waals surface area contributed by atoms with Crippen molar-refractivity contribution < 1.29 is 48.5 Å². The van der Waals surface area contributed by atoms with Crippen molar-refractivity contribution in [2.75, 3.05) is 34.4 Å². The third-order valence-electron chi connectivity index (χ3n) is 11.1. The van der Waals surface area contributed by atoms with Crippen LogP contribution < -0.4 is 26.0 Å². The van der Waals surface area contributed by atoms with E-state index in [0.717, 1.165) is 22.4 Å². The first-order chi connectivity index (χ1) is 31.2. The zero-order valence-electron chi connectivity index (χ0n) is 36.6. The molecular formula is C49H54ClN5O10. The van der Waals surface area contributed by atoms with Gasteiger partial charge in [0, 0.05) is 19.5 Å². The lowest BCUT2D eigenvalue weighted by Crippen LogP contribution is -2.69. The van der Waals surface area contributed by atoms with Crippen molar-refractivity contribution in [3.8, 4) is 17.2 Å². The molecule has 1 aliphatic rings. The summed E-state index contributed by atoms with van der Waals surface area (Å²) < 4.78 is 11.0. The van der Waals surface area contributed by atoms with E-state index in [9.17, 15) is 29.4 Å². The number of likely N-dealkylation sites (N-methyl/N-ethyl adjacent to an activating group) is 2. The van der Waals surface area contributed by atoms with Crippen molar-refractivity contribution in [3.05, 3.63) is 142 Å². The number of phenols is 2. The van der Waals surface area contributed by atoms with Crippen LogP contribution in [0.5, 0.6) is 17.2 Å². The predicted octanol–water partition coefficient (Wildman–Crippen LogP) is 4.01. The summed E-state index contributed by atoms with van der Waals surface area (Å²) in [6.45, 7) is 1.04. The van der Waals surface area contributed by atoms with Gasteiger partial charge in [0.2, 0.25) is 29.2 Å². The zero-order valence-corrected chi connectivity index (χ0v) is 37.4. The number of carbonyl (C=O) groups excluding carboxylic acids is 6. The van der Waals surface area contributed by atoms with Gasteiger partial charge in [-0.25, -0.2) is 4.79 Å². The molecule has 6 N–H and O–H groups in total. The number of halogens is 1. The molecule has 65 heavy (non-hydrogen) atoms. The van der Waals surface area contributed by atoms with E-state index in [-0.39, 0.29) is 41.7 Å². The molecular weight excluding hydrogens is 854 g/mol. The van der Waals surface area contributed by atoms with Gasteiger partial charge < -0.3 is 45.9 Å². The molecule has 1 heterocycles. The van der Waals surface area contributed by atoms with Crippen molar-refractivity contribution in [2.24, 2.45) is 0 Å². The summed E-state index contributed by atoms with van der Waals surface area (Å²) in [5.74, 6) is -5.14. The Balaban J connectivity index is 1.63. The number of nitrogens with one attached hydrogen (secondary N) is 4. The number of methoxy groups -OCH3 is 1. The maximum absolute atomic E-state index is 15.8. The van der Waals surface area contributed by atoms with E-state index in [2.05, 4.69) is 21.3 Å². The van der Waals surface area contributed by atoms with Gasteiger partial charge in [0.25, 0.3) is 0 Å². The van der Waals surface area contributed by atoms with Crippen molar-refractivity contribution in [1.29, 1.82) is 0 Å². The minimum absolute atomic E-state index is 0.0504. The Morgan fingerprint density at radius 3 is 2.31 bits per heavy atom. The van der Waals surface area contributed by atoms with Crippen LogP contribution in [0.4, 0.5) is 0 Å². The minimum Gasteiger partial charge on any atom is -0.508 e. The van der Waals surface area contributed by atoms with E-state index < -0.39 is 72.1 Å². The fourth-order valence-electron chi connectivity index (χ4n) is 7.45. The number of ketones is 1. The van der Waals surface area contributed by atoms with Crippen molar-refractivity contribution in [2.45, 2.75) is 62.7 Å². The van der Waals surface area contributed by atoms with Gasteiger partial charge in [-0.2, -0.15) is 0 Å². The molecule has 16 heteroatoms. The topological polar surface area (TPSA) is 213 Å². The van der Waals surface area contributed by atoms with Crippen LogP contribution in [0.25, 0.3) is 6.08 Å². The molecule has 4 atom stereocenters. The van der Waals surface area contributed by atoms with E-state index >= 15 is 9.59 Å². The molecule has 0 saturated carbocycles. The number of esters is 1. The highest BCUT2D eigenvalue weighted by Crippen LogP contribution is 2.37. The number of hydrogen-bond donors (Lipinski definition) is 6. The number of amides is 4. The van der Waals surface area contributed by atoms with Crippen LogP contribution >= 0.6 is 11.6 Å². The van der Waals surface area contributed by atoms with Crippen LogP contribution in [-0.2, 0) is 59.2 Å². The molecule has 0 bridgehead atoms. The monoisotopic (exact) mass is 907 g/mol. The van der Waals surface area contributed by atoms with E-state index in [1.807, 2.05) is 43.3 Å². The molecule has 4 amide bonds. The maximum atomic E-state index is 15.8. The second-order valence-corrected chi connectivity index (χ2v) is 15.8. The summed E-state index contributed by atoms with van der Waals surface area (Å²) in [5.41, 5.74) is 0.396. The Morgan fingerprint density at radius 1 is 0.908 bits per heavy atom. The molecule has 15 nitrogen and oxygen atoms in total. The fraction of sp³-hybridized carbons (Fsp3) is 0.306. The second-order valence-electron chi connectivity index (χ2n) is 15.4. The Bertz CT molecular complexity index is 2410. The van der Waals surface area contributed by atoms with E-state index in [1.54, 1.807) is 54.6 Å². The van der Waals surface area contributed by atoms with Crippen molar-refractivity contribution in [1.82, 2.24) is 26.2 Å². The summed E-state index contributed by atoms with van der Waals surface area (Å²) in [5, 5.41) is 31.4. The average molecular weight is 908 g/mol. The van der Waals surface area contributed by atoms with Crippen LogP contribution in [0.3, 0.4) is 0 Å². The van der Waals surface area contributed by atoms with Gasteiger partial charge in [0.15, 0.2) is 17.3 Å². The van der Waals surface area contributed by atoms with Crippen LogP contribution in [-0.4, -0.2) is 109 Å². The second kappa shape index (κ2) is 23.1. The SMILES string of the molecule is CC/C=C/Cc1ccccc1/C=C/C(=O)N[C@H](Cc1ccc(O)cc1)C(=O)[C@](Cc1ccccc1)(C(=O)OC[C@H]1NC(=O)CNC1=O)N(C)C(=O)[C@H](Cc1ccc(OC)c(O)c1Cl)NC. The summed E-state index contributed by atoms with van der Waals surface area (Å²) in [6, 6.07) is 20.9. The van der Waals surface area contributed by atoms with Crippen molar-refractivity contribution in [3.63, 3.8) is 0 Å². The number of carbonyl (C=O) groups is 6. The molecule has 1 saturated heterocycles. The summed E-state index contributed by atoms with van der Waals surface area (Å²) >= 11 is 6.54. The third kappa shape index (κ3) is 12.4. The largest absolute Gasteiger partial charge is 0.508 e. The zero-order chi connectivity index (χ0) is 47.1. The molecule has 1 fully saturated rings.